The van der Waals surface area contributed by atoms with Crippen LogP contribution in [0.25, 0.3) is 0 Å². The first-order valence-electron chi connectivity index (χ1n) is 6.25. The highest BCUT2D eigenvalue weighted by Crippen LogP contribution is 2.22. The number of hydrogen-bond acceptors (Lipinski definition) is 4. The van der Waals surface area contributed by atoms with Crippen molar-refractivity contribution in [1.82, 2.24) is 5.32 Å². The van der Waals surface area contributed by atoms with E-state index >= 15 is 0 Å². The molecule has 0 fully saturated rings. The van der Waals surface area contributed by atoms with E-state index in [9.17, 15) is 9.18 Å². The van der Waals surface area contributed by atoms with Crippen LogP contribution in [0.1, 0.15) is 32.4 Å². The Balaban J connectivity index is 2.72. The molecule has 19 heavy (non-hydrogen) atoms. The van der Waals surface area contributed by atoms with E-state index in [4.69, 9.17) is 9.47 Å². The average Bonchev–Trinajstić information content (AvgIpc) is 2.38. The van der Waals surface area contributed by atoms with Crippen molar-refractivity contribution in [2.45, 2.75) is 32.9 Å². The third-order valence-corrected chi connectivity index (χ3v) is 2.81. The van der Waals surface area contributed by atoms with Crippen molar-refractivity contribution in [3.63, 3.8) is 0 Å². The van der Waals surface area contributed by atoms with E-state index in [-0.39, 0.29) is 17.8 Å². The van der Waals surface area contributed by atoms with E-state index in [0.717, 1.165) is 0 Å². The van der Waals surface area contributed by atoms with E-state index in [0.29, 0.717) is 17.9 Å². The first-order chi connectivity index (χ1) is 8.99. The van der Waals surface area contributed by atoms with Crippen molar-refractivity contribution in [2.75, 3.05) is 13.7 Å². The number of hydrogen-bond donors (Lipinski definition) is 1. The number of nitrogens with one attached hydrogen (secondary N) is 1. The normalized spacial score (nSPS) is 13.7. The molecular weight excluding hydrogens is 249 g/mol. The Bertz CT molecular complexity index is 437. The van der Waals surface area contributed by atoms with Gasteiger partial charge in [0.15, 0.2) is 0 Å². The first-order valence-corrected chi connectivity index (χ1v) is 6.25. The molecule has 0 spiro atoms. The monoisotopic (exact) mass is 269 g/mol. The second kappa shape index (κ2) is 7.09. The van der Waals surface area contributed by atoms with Crippen molar-refractivity contribution >= 4 is 5.97 Å². The minimum absolute atomic E-state index is 0.301. The molecule has 1 N–H and O–H groups in total. The molecule has 0 saturated heterocycles. The van der Waals surface area contributed by atoms with E-state index in [2.05, 4.69) is 5.32 Å². The summed E-state index contributed by atoms with van der Waals surface area (Å²) in [5.41, 5.74) is 0.483. The molecule has 0 aliphatic carbocycles. The van der Waals surface area contributed by atoms with Crippen LogP contribution in [0.3, 0.4) is 0 Å². The maximum atomic E-state index is 13.9. The summed E-state index contributed by atoms with van der Waals surface area (Å²) in [5.74, 6) is -0.245. The molecule has 0 radical (unpaired) electrons. The van der Waals surface area contributed by atoms with Gasteiger partial charge < -0.3 is 9.47 Å². The number of halogens is 1. The zero-order valence-electron chi connectivity index (χ0n) is 11.7. The van der Waals surface area contributed by atoms with Crippen LogP contribution >= 0.6 is 0 Å². The minimum Gasteiger partial charge on any atom is -0.497 e. The molecule has 0 aliphatic rings. The maximum Gasteiger partial charge on any atom is 0.322 e. The van der Waals surface area contributed by atoms with E-state index in [1.54, 1.807) is 32.9 Å². The standard InChI is InChI=1S/C14H20FNO3/c1-5-19-14(17)10(3)16-9(2)12-7-6-11(18-4)8-13(12)15/h6-10,16H,5H2,1-4H3. The molecule has 0 heterocycles. The molecule has 1 aromatic rings. The molecule has 2 atom stereocenters. The van der Waals surface area contributed by atoms with Gasteiger partial charge >= 0.3 is 5.97 Å². The first kappa shape index (κ1) is 15.4. The third kappa shape index (κ3) is 4.21. The van der Waals surface area contributed by atoms with Gasteiger partial charge in [0.1, 0.15) is 17.6 Å². The van der Waals surface area contributed by atoms with Gasteiger partial charge in [-0.1, -0.05) is 6.07 Å². The number of carbonyl (C=O) groups is 1. The van der Waals surface area contributed by atoms with Crippen molar-refractivity contribution in [3.05, 3.63) is 29.6 Å². The number of benzene rings is 1. The molecule has 0 bridgehead atoms. The summed E-state index contributed by atoms with van der Waals surface area (Å²) in [6.07, 6.45) is 0. The van der Waals surface area contributed by atoms with Gasteiger partial charge in [0.2, 0.25) is 0 Å². The van der Waals surface area contributed by atoms with Crippen LogP contribution in [0.2, 0.25) is 0 Å². The zero-order chi connectivity index (χ0) is 14.4. The number of methoxy groups -OCH3 is 1. The van der Waals surface area contributed by atoms with Crippen molar-refractivity contribution in [3.8, 4) is 5.75 Å². The molecule has 1 rings (SSSR count). The maximum absolute atomic E-state index is 13.9. The fourth-order valence-electron chi connectivity index (χ4n) is 1.79. The van der Waals surface area contributed by atoms with E-state index in [1.165, 1.54) is 13.2 Å². The predicted octanol–water partition coefficient (Wildman–Crippen LogP) is 2.44. The van der Waals surface area contributed by atoms with Gasteiger partial charge in [-0.05, 0) is 26.8 Å². The molecule has 0 aliphatic heterocycles. The molecule has 2 unspecified atom stereocenters. The Morgan fingerprint density at radius 2 is 2.11 bits per heavy atom. The summed E-state index contributed by atoms with van der Waals surface area (Å²) in [5, 5.41) is 3.00. The van der Waals surface area contributed by atoms with Gasteiger partial charge in [0.05, 0.1) is 13.7 Å². The lowest BCUT2D eigenvalue weighted by atomic mass is 10.1. The van der Waals surface area contributed by atoms with Crippen LogP contribution in [0.5, 0.6) is 5.75 Å². The summed E-state index contributed by atoms with van der Waals surface area (Å²) < 4.78 is 23.7. The largest absolute Gasteiger partial charge is 0.497 e. The van der Waals surface area contributed by atoms with Crippen LogP contribution < -0.4 is 10.1 Å². The second-order valence-electron chi connectivity index (χ2n) is 4.25. The summed E-state index contributed by atoms with van der Waals surface area (Å²) in [6.45, 7) is 5.56. The Kier molecular flexibility index (Phi) is 5.76. The van der Waals surface area contributed by atoms with Crippen molar-refractivity contribution in [1.29, 1.82) is 0 Å². The Morgan fingerprint density at radius 1 is 1.42 bits per heavy atom. The summed E-state index contributed by atoms with van der Waals surface area (Å²) in [4.78, 5) is 11.5. The van der Waals surface area contributed by atoms with Crippen molar-refractivity contribution < 1.29 is 18.7 Å². The molecule has 0 aromatic heterocycles. The van der Waals surface area contributed by atoms with Gasteiger partial charge in [0, 0.05) is 17.7 Å². The van der Waals surface area contributed by atoms with E-state index < -0.39 is 6.04 Å². The highest BCUT2D eigenvalue weighted by molar-refractivity contribution is 5.75. The minimum atomic E-state index is -0.489. The lowest BCUT2D eigenvalue weighted by Gasteiger charge is -2.19. The number of ether oxygens (including phenoxy) is 2. The Hall–Kier alpha value is -1.62. The molecule has 5 heteroatoms. The lowest BCUT2D eigenvalue weighted by Crippen LogP contribution is -2.37. The summed E-state index contributed by atoms with van der Waals surface area (Å²) >= 11 is 0. The fraction of sp³-hybridized carbons (Fsp3) is 0.500. The Labute approximate surface area is 112 Å². The van der Waals surface area contributed by atoms with E-state index in [1.807, 2.05) is 0 Å². The van der Waals surface area contributed by atoms with Crippen LogP contribution in [0.4, 0.5) is 4.39 Å². The smallest absolute Gasteiger partial charge is 0.322 e. The predicted molar refractivity (Wildman–Crippen MR) is 70.6 cm³/mol. The summed E-state index contributed by atoms with van der Waals surface area (Å²) in [6, 6.07) is 3.86. The molecule has 0 amide bonds. The SMILES string of the molecule is CCOC(=O)C(C)NC(C)c1ccc(OC)cc1F. The molecular formula is C14H20FNO3. The topological polar surface area (TPSA) is 47.6 Å². The fourth-order valence-corrected chi connectivity index (χ4v) is 1.79. The molecule has 0 saturated carbocycles. The molecule has 4 nitrogen and oxygen atoms in total. The summed E-state index contributed by atoms with van der Waals surface area (Å²) in [7, 11) is 1.49. The van der Waals surface area contributed by atoms with Crippen LogP contribution in [0.15, 0.2) is 18.2 Å². The third-order valence-electron chi connectivity index (χ3n) is 2.81. The lowest BCUT2D eigenvalue weighted by molar-refractivity contribution is -0.145. The highest BCUT2D eigenvalue weighted by Gasteiger charge is 2.19. The zero-order valence-corrected chi connectivity index (χ0v) is 11.7. The second-order valence-corrected chi connectivity index (χ2v) is 4.25. The van der Waals surface area contributed by atoms with Gasteiger partial charge in [-0.15, -0.1) is 0 Å². The van der Waals surface area contributed by atoms with Crippen LogP contribution in [-0.4, -0.2) is 25.7 Å². The van der Waals surface area contributed by atoms with Gasteiger partial charge in [-0.25, -0.2) is 4.39 Å². The van der Waals surface area contributed by atoms with Crippen molar-refractivity contribution in [2.24, 2.45) is 0 Å². The van der Waals surface area contributed by atoms with Crippen LogP contribution in [0, 0.1) is 5.82 Å². The molecule has 1 aromatic carbocycles. The number of carbonyl (C=O) groups excluding carboxylic acids is 1. The number of rotatable bonds is 6. The average molecular weight is 269 g/mol. The van der Waals surface area contributed by atoms with Gasteiger partial charge in [0.25, 0.3) is 0 Å². The quantitative estimate of drug-likeness (QED) is 0.806. The number of esters is 1. The van der Waals surface area contributed by atoms with Crippen LogP contribution in [-0.2, 0) is 9.53 Å². The van der Waals surface area contributed by atoms with Gasteiger partial charge in [-0.3, -0.25) is 10.1 Å². The van der Waals surface area contributed by atoms with Gasteiger partial charge in [-0.2, -0.15) is 0 Å². The highest BCUT2D eigenvalue weighted by atomic mass is 19.1. The Morgan fingerprint density at radius 3 is 2.63 bits per heavy atom. The molecule has 106 valence electrons.